The number of benzene rings is 1. The molecule has 146 valence electrons. The first-order valence-corrected chi connectivity index (χ1v) is 10.3. The molecule has 1 amide bonds. The number of hydrogen-bond donors (Lipinski definition) is 1. The van der Waals surface area contributed by atoms with Crippen LogP contribution in [0.5, 0.6) is 0 Å². The molecule has 2 aliphatic heterocycles. The van der Waals surface area contributed by atoms with Crippen molar-refractivity contribution in [2.24, 2.45) is 18.7 Å². The highest BCUT2D eigenvalue weighted by molar-refractivity contribution is 7.89. The van der Waals surface area contributed by atoms with E-state index in [-0.39, 0.29) is 22.8 Å². The molecule has 10 heteroatoms. The molecule has 0 spiro atoms. The molecular weight excluding hydrogens is 372 g/mol. The van der Waals surface area contributed by atoms with Crippen LogP contribution in [0.15, 0.2) is 32.3 Å². The van der Waals surface area contributed by atoms with Gasteiger partial charge in [0.2, 0.25) is 15.9 Å². The van der Waals surface area contributed by atoms with Gasteiger partial charge in [0, 0.05) is 32.1 Å². The van der Waals surface area contributed by atoms with Crippen LogP contribution >= 0.6 is 0 Å². The van der Waals surface area contributed by atoms with Crippen LogP contribution in [-0.4, -0.2) is 60.3 Å². The van der Waals surface area contributed by atoms with Crippen molar-refractivity contribution in [2.45, 2.75) is 23.8 Å². The molecule has 0 unspecified atom stereocenters. The van der Waals surface area contributed by atoms with Gasteiger partial charge in [-0.15, -0.1) is 0 Å². The van der Waals surface area contributed by atoms with Gasteiger partial charge in [-0.2, -0.15) is 4.31 Å². The first kappa shape index (κ1) is 18.2. The summed E-state index contributed by atoms with van der Waals surface area (Å²) < 4.78 is 33.5. The number of carbonyl (C=O) groups excluding carboxylic acids is 1. The summed E-state index contributed by atoms with van der Waals surface area (Å²) in [6.07, 6.45) is 1.45. The summed E-state index contributed by atoms with van der Waals surface area (Å²) in [5.41, 5.74) is 6.17. The maximum Gasteiger partial charge on any atom is 0.419 e. The van der Waals surface area contributed by atoms with E-state index >= 15 is 0 Å². The molecule has 0 saturated carbocycles. The van der Waals surface area contributed by atoms with E-state index in [2.05, 4.69) is 4.90 Å². The molecule has 0 atom stereocenters. The topological polar surface area (TPSA) is 119 Å². The van der Waals surface area contributed by atoms with Gasteiger partial charge in [0.1, 0.15) is 0 Å². The minimum Gasteiger partial charge on any atom is -0.408 e. The normalized spacial score (nSPS) is 20.8. The molecule has 4 rings (SSSR count). The van der Waals surface area contributed by atoms with E-state index in [1.165, 1.54) is 27.1 Å². The van der Waals surface area contributed by atoms with Crippen molar-refractivity contribution in [1.29, 1.82) is 0 Å². The number of amides is 1. The van der Waals surface area contributed by atoms with E-state index in [0.717, 1.165) is 25.9 Å². The summed E-state index contributed by atoms with van der Waals surface area (Å²) >= 11 is 0. The van der Waals surface area contributed by atoms with Crippen molar-refractivity contribution in [2.75, 3.05) is 26.2 Å². The van der Waals surface area contributed by atoms with Gasteiger partial charge in [0.25, 0.3) is 0 Å². The van der Waals surface area contributed by atoms with Gasteiger partial charge < -0.3 is 10.2 Å². The van der Waals surface area contributed by atoms with Gasteiger partial charge in [-0.1, -0.05) is 0 Å². The molecule has 0 radical (unpaired) electrons. The number of sulfonamides is 1. The SMILES string of the molecule is Cn1c(=O)oc2ccc(S(=O)(=O)N3CC(N4CCC(C(N)=O)CC4)C3)cc21. The summed E-state index contributed by atoms with van der Waals surface area (Å²) in [6.45, 7) is 2.36. The monoisotopic (exact) mass is 394 g/mol. The molecule has 2 aromatic rings. The Kier molecular flexibility index (Phi) is 4.36. The summed E-state index contributed by atoms with van der Waals surface area (Å²) in [5, 5.41) is 0. The predicted molar refractivity (Wildman–Crippen MR) is 97.5 cm³/mol. The number of nitrogens with two attached hydrogens (primary N) is 1. The third-order valence-electron chi connectivity index (χ3n) is 5.68. The van der Waals surface area contributed by atoms with E-state index in [4.69, 9.17) is 10.2 Å². The zero-order valence-corrected chi connectivity index (χ0v) is 15.8. The number of aromatic nitrogens is 1. The first-order chi connectivity index (χ1) is 12.8. The van der Waals surface area contributed by atoms with Gasteiger partial charge in [-0.3, -0.25) is 14.3 Å². The Hall–Kier alpha value is -2.17. The third kappa shape index (κ3) is 3.07. The Bertz CT molecular complexity index is 1040. The average Bonchev–Trinajstić information content (AvgIpc) is 2.88. The minimum absolute atomic E-state index is 0.0745. The number of piperidine rings is 1. The average molecular weight is 394 g/mol. The number of oxazole rings is 1. The van der Waals surface area contributed by atoms with Gasteiger partial charge in [0.05, 0.1) is 10.4 Å². The van der Waals surface area contributed by atoms with E-state index in [1.807, 2.05) is 0 Å². The predicted octanol–water partition coefficient (Wildman–Crippen LogP) is -0.298. The van der Waals surface area contributed by atoms with Gasteiger partial charge >= 0.3 is 5.76 Å². The fourth-order valence-corrected chi connectivity index (χ4v) is 5.34. The number of aryl methyl sites for hydroxylation is 1. The van der Waals surface area contributed by atoms with Crippen LogP contribution in [0.3, 0.4) is 0 Å². The van der Waals surface area contributed by atoms with Crippen molar-refractivity contribution < 1.29 is 17.6 Å². The second kappa shape index (κ2) is 6.47. The van der Waals surface area contributed by atoms with Gasteiger partial charge in [-0.25, -0.2) is 13.2 Å². The van der Waals surface area contributed by atoms with Crippen molar-refractivity contribution in [3.05, 3.63) is 28.7 Å². The molecule has 1 aromatic carbocycles. The highest BCUT2D eigenvalue weighted by Crippen LogP contribution is 2.28. The molecule has 2 saturated heterocycles. The molecule has 9 nitrogen and oxygen atoms in total. The molecule has 2 fully saturated rings. The lowest BCUT2D eigenvalue weighted by Crippen LogP contribution is -2.62. The zero-order chi connectivity index (χ0) is 19.3. The van der Waals surface area contributed by atoms with Crippen LogP contribution in [0.2, 0.25) is 0 Å². The number of fused-ring (bicyclic) bond motifs is 1. The number of primary amides is 1. The highest BCUT2D eigenvalue weighted by Gasteiger charge is 2.41. The standard InChI is InChI=1S/C17H22N4O5S/c1-19-14-8-13(2-3-15(14)26-17(19)23)27(24,25)21-9-12(10-21)20-6-4-11(5-7-20)16(18)22/h2-3,8,11-12H,4-7,9-10H2,1H3,(H2,18,22). The number of likely N-dealkylation sites (tertiary alicyclic amines) is 1. The molecule has 2 N–H and O–H groups in total. The van der Waals surface area contributed by atoms with Crippen LogP contribution in [0.25, 0.3) is 11.1 Å². The molecule has 1 aromatic heterocycles. The Balaban J connectivity index is 1.45. The molecule has 27 heavy (non-hydrogen) atoms. The summed E-state index contributed by atoms with van der Waals surface area (Å²) in [6, 6.07) is 4.61. The first-order valence-electron chi connectivity index (χ1n) is 8.90. The summed E-state index contributed by atoms with van der Waals surface area (Å²) in [5.74, 6) is -0.853. The van der Waals surface area contributed by atoms with E-state index in [0.29, 0.717) is 24.2 Å². The van der Waals surface area contributed by atoms with Crippen molar-refractivity contribution in [3.8, 4) is 0 Å². The largest absolute Gasteiger partial charge is 0.419 e. The molecule has 3 heterocycles. The van der Waals surface area contributed by atoms with Crippen molar-refractivity contribution >= 4 is 27.0 Å². The smallest absolute Gasteiger partial charge is 0.408 e. The minimum atomic E-state index is -3.62. The zero-order valence-electron chi connectivity index (χ0n) is 15.0. The highest BCUT2D eigenvalue weighted by atomic mass is 32.2. The van der Waals surface area contributed by atoms with Gasteiger partial charge in [0.15, 0.2) is 5.58 Å². The molecule has 0 bridgehead atoms. The number of hydrogen-bond acceptors (Lipinski definition) is 6. The van der Waals surface area contributed by atoms with Crippen molar-refractivity contribution in [3.63, 3.8) is 0 Å². The quantitative estimate of drug-likeness (QED) is 0.761. The summed E-state index contributed by atoms with van der Waals surface area (Å²) in [7, 11) is -2.08. The van der Waals surface area contributed by atoms with Crippen LogP contribution in [0.4, 0.5) is 0 Å². The van der Waals surface area contributed by atoms with Crippen LogP contribution < -0.4 is 11.5 Å². The van der Waals surface area contributed by atoms with E-state index in [1.54, 1.807) is 7.05 Å². The van der Waals surface area contributed by atoms with E-state index < -0.39 is 15.8 Å². The lowest BCUT2D eigenvalue weighted by molar-refractivity contribution is -0.123. The van der Waals surface area contributed by atoms with Gasteiger partial charge in [-0.05, 0) is 44.1 Å². The summed E-state index contributed by atoms with van der Waals surface area (Å²) in [4.78, 5) is 25.2. The molecular formula is C17H22N4O5S. The second-order valence-corrected chi connectivity index (χ2v) is 9.18. The Labute approximate surface area is 156 Å². The van der Waals surface area contributed by atoms with Crippen LogP contribution in [-0.2, 0) is 21.9 Å². The Morgan fingerprint density at radius 2 is 1.89 bits per heavy atom. The van der Waals surface area contributed by atoms with Crippen LogP contribution in [0.1, 0.15) is 12.8 Å². The lowest BCUT2D eigenvalue weighted by atomic mass is 9.94. The maximum atomic E-state index is 12.9. The maximum absolute atomic E-state index is 12.9. The molecule has 2 aliphatic rings. The Morgan fingerprint density at radius 1 is 1.22 bits per heavy atom. The molecule has 0 aliphatic carbocycles. The van der Waals surface area contributed by atoms with Crippen molar-refractivity contribution in [1.82, 2.24) is 13.8 Å². The number of nitrogens with zero attached hydrogens (tertiary/aromatic N) is 3. The number of carbonyl (C=O) groups is 1. The Morgan fingerprint density at radius 3 is 2.52 bits per heavy atom. The van der Waals surface area contributed by atoms with E-state index in [9.17, 15) is 18.0 Å². The number of rotatable bonds is 4. The fraction of sp³-hybridized carbons (Fsp3) is 0.529. The second-order valence-electron chi connectivity index (χ2n) is 7.24. The lowest BCUT2D eigenvalue weighted by Gasteiger charge is -2.46. The van der Waals surface area contributed by atoms with Crippen LogP contribution in [0, 0.1) is 5.92 Å². The fourth-order valence-electron chi connectivity index (χ4n) is 3.81. The third-order valence-corrected chi connectivity index (χ3v) is 7.51.